The topological polar surface area (TPSA) is 29.3 Å². The average molecular weight is 272 g/mol. The van der Waals surface area contributed by atoms with Gasteiger partial charge in [-0.25, -0.2) is 0 Å². The minimum atomic E-state index is -4.34. The first-order valence-corrected chi connectivity index (χ1v) is 6.52. The van der Waals surface area contributed by atoms with E-state index in [4.69, 9.17) is 5.73 Å². The molecule has 0 aromatic heterocycles. The van der Waals surface area contributed by atoms with Gasteiger partial charge in [0.2, 0.25) is 0 Å². The molecule has 19 heavy (non-hydrogen) atoms. The summed E-state index contributed by atoms with van der Waals surface area (Å²) in [4.78, 5) is 2.14. The lowest BCUT2D eigenvalue weighted by Crippen LogP contribution is -2.31. The third kappa shape index (κ3) is 3.48. The zero-order chi connectivity index (χ0) is 14.0. The Hall–Kier alpha value is -1.07. The molecule has 1 aliphatic rings. The van der Waals surface area contributed by atoms with E-state index in [1.54, 1.807) is 6.07 Å². The molecule has 1 aromatic carbocycles. The van der Waals surface area contributed by atoms with Crippen molar-refractivity contribution < 1.29 is 13.2 Å². The van der Waals surface area contributed by atoms with Crippen LogP contribution in [0.5, 0.6) is 0 Å². The Morgan fingerprint density at radius 2 is 2.05 bits per heavy atom. The van der Waals surface area contributed by atoms with Gasteiger partial charge < -0.3 is 10.6 Å². The normalized spacial score (nSPS) is 22.7. The Kier molecular flexibility index (Phi) is 4.16. The molecule has 1 aliphatic heterocycles. The fraction of sp³-hybridized carbons (Fsp3) is 0.571. The van der Waals surface area contributed by atoms with Crippen LogP contribution in [0.25, 0.3) is 0 Å². The van der Waals surface area contributed by atoms with Crippen LogP contribution in [0.2, 0.25) is 0 Å². The Bertz CT molecular complexity index is 431. The first-order valence-electron chi connectivity index (χ1n) is 6.52. The molecular formula is C14H19F3N2. The van der Waals surface area contributed by atoms with Crippen molar-refractivity contribution in [1.82, 2.24) is 4.90 Å². The van der Waals surface area contributed by atoms with Gasteiger partial charge in [-0.15, -0.1) is 0 Å². The molecule has 0 saturated carbocycles. The van der Waals surface area contributed by atoms with E-state index in [0.717, 1.165) is 25.6 Å². The summed E-state index contributed by atoms with van der Waals surface area (Å²) in [5.74, 6) is 0.602. The first kappa shape index (κ1) is 14.3. The molecule has 0 radical (unpaired) electrons. The van der Waals surface area contributed by atoms with Crippen molar-refractivity contribution in [1.29, 1.82) is 0 Å². The van der Waals surface area contributed by atoms with E-state index in [-0.39, 0.29) is 5.56 Å². The second-order valence-electron chi connectivity index (χ2n) is 5.34. The molecule has 2 N–H and O–H groups in total. The predicted molar refractivity (Wildman–Crippen MR) is 68.6 cm³/mol. The van der Waals surface area contributed by atoms with Crippen molar-refractivity contribution in [3.8, 4) is 0 Å². The SMILES string of the molecule is CC1CCN(CC(N)c2ccccc2C(F)(F)F)C1. The monoisotopic (exact) mass is 272 g/mol. The number of likely N-dealkylation sites (tertiary alicyclic amines) is 1. The summed E-state index contributed by atoms with van der Waals surface area (Å²) in [6.07, 6.45) is -3.25. The maximum Gasteiger partial charge on any atom is 0.416 e. The number of hydrogen-bond acceptors (Lipinski definition) is 2. The van der Waals surface area contributed by atoms with E-state index in [1.165, 1.54) is 12.1 Å². The lowest BCUT2D eigenvalue weighted by atomic mass is 10.00. The van der Waals surface area contributed by atoms with Gasteiger partial charge in [-0.05, 0) is 30.5 Å². The van der Waals surface area contributed by atoms with Crippen molar-refractivity contribution in [2.45, 2.75) is 25.6 Å². The summed E-state index contributed by atoms with van der Waals surface area (Å²) in [5.41, 5.74) is 5.55. The molecular weight excluding hydrogens is 253 g/mol. The van der Waals surface area contributed by atoms with Crippen molar-refractivity contribution in [3.63, 3.8) is 0 Å². The van der Waals surface area contributed by atoms with Crippen LogP contribution in [0.1, 0.15) is 30.5 Å². The molecule has 1 aromatic rings. The fourth-order valence-electron chi connectivity index (χ4n) is 2.65. The van der Waals surface area contributed by atoms with Gasteiger partial charge in [-0.2, -0.15) is 13.2 Å². The summed E-state index contributed by atoms with van der Waals surface area (Å²) in [7, 11) is 0. The van der Waals surface area contributed by atoms with Gasteiger partial charge in [-0.3, -0.25) is 0 Å². The summed E-state index contributed by atoms with van der Waals surface area (Å²) in [6.45, 7) is 4.47. The van der Waals surface area contributed by atoms with Gasteiger partial charge in [0, 0.05) is 19.1 Å². The van der Waals surface area contributed by atoms with Gasteiger partial charge in [-0.1, -0.05) is 25.1 Å². The Morgan fingerprint density at radius 1 is 1.37 bits per heavy atom. The Balaban J connectivity index is 2.13. The highest BCUT2D eigenvalue weighted by Gasteiger charge is 2.34. The quantitative estimate of drug-likeness (QED) is 0.916. The van der Waals surface area contributed by atoms with E-state index in [1.807, 2.05) is 0 Å². The number of benzene rings is 1. The number of nitrogens with zero attached hydrogens (tertiary/aromatic N) is 1. The highest BCUT2D eigenvalue weighted by atomic mass is 19.4. The first-order chi connectivity index (χ1) is 8.88. The third-order valence-electron chi connectivity index (χ3n) is 3.63. The predicted octanol–water partition coefficient (Wildman–Crippen LogP) is 3.05. The fourth-order valence-corrected chi connectivity index (χ4v) is 2.65. The number of nitrogens with two attached hydrogens (primary N) is 1. The summed E-state index contributed by atoms with van der Waals surface area (Å²) in [5, 5.41) is 0. The van der Waals surface area contributed by atoms with Gasteiger partial charge in [0.1, 0.15) is 0 Å². The minimum Gasteiger partial charge on any atom is -0.323 e. The summed E-state index contributed by atoms with van der Waals surface area (Å²) < 4.78 is 38.7. The zero-order valence-corrected chi connectivity index (χ0v) is 11.0. The summed E-state index contributed by atoms with van der Waals surface area (Å²) in [6, 6.07) is 4.99. The van der Waals surface area contributed by atoms with Crippen LogP contribution < -0.4 is 5.73 Å². The van der Waals surface area contributed by atoms with Crippen LogP contribution in [0.15, 0.2) is 24.3 Å². The van der Waals surface area contributed by atoms with Crippen molar-refractivity contribution in [2.75, 3.05) is 19.6 Å². The van der Waals surface area contributed by atoms with Crippen LogP contribution in [0, 0.1) is 5.92 Å². The molecule has 2 unspecified atom stereocenters. The van der Waals surface area contributed by atoms with Gasteiger partial charge >= 0.3 is 6.18 Å². The van der Waals surface area contributed by atoms with Gasteiger partial charge in [0.15, 0.2) is 0 Å². The Morgan fingerprint density at radius 3 is 2.63 bits per heavy atom. The van der Waals surface area contributed by atoms with E-state index < -0.39 is 17.8 Å². The van der Waals surface area contributed by atoms with Crippen molar-refractivity contribution in [2.24, 2.45) is 11.7 Å². The molecule has 0 spiro atoms. The Labute approximate surface area is 111 Å². The number of alkyl halides is 3. The third-order valence-corrected chi connectivity index (χ3v) is 3.63. The van der Waals surface area contributed by atoms with Crippen LogP contribution >= 0.6 is 0 Å². The maximum absolute atomic E-state index is 12.9. The summed E-state index contributed by atoms with van der Waals surface area (Å²) >= 11 is 0. The number of halogens is 3. The molecule has 2 atom stereocenters. The van der Waals surface area contributed by atoms with E-state index in [9.17, 15) is 13.2 Å². The van der Waals surface area contributed by atoms with Gasteiger partial charge in [0.05, 0.1) is 5.56 Å². The van der Waals surface area contributed by atoms with Crippen LogP contribution in [0.3, 0.4) is 0 Å². The smallest absolute Gasteiger partial charge is 0.323 e. The molecule has 106 valence electrons. The molecule has 0 amide bonds. The largest absolute Gasteiger partial charge is 0.416 e. The van der Waals surface area contributed by atoms with E-state index >= 15 is 0 Å². The van der Waals surface area contributed by atoms with E-state index in [2.05, 4.69) is 11.8 Å². The highest BCUT2D eigenvalue weighted by molar-refractivity contribution is 5.32. The molecule has 1 fully saturated rings. The molecule has 2 rings (SSSR count). The standard InChI is InChI=1S/C14H19F3N2/c1-10-6-7-19(8-10)9-13(18)11-4-2-3-5-12(11)14(15,16)17/h2-5,10,13H,6-9,18H2,1H3. The maximum atomic E-state index is 12.9. The lowest BCUT2D eigenvalue weighted by Gasteiger charge is -2.23. The lowest BCUT2D eigenvalue weighted by molar-refractivity contribution is -0.138. The molecule has 5 heteroatoms. The minimum absolute atomic E-state index is 0.189. The molecule has 1 saturated heterocycles. The average Bonchev–Trinajstić information content (AvgIpc) is 2.73. The molecule has 0 aliphatic carbocycles. The molecule has 2 nitrogen and oxygen atoms in total. The molecule has 0 bridgehead atoms. The number of rotatable bonds is 3. The van der Waals surface area contributed by atoms with Crippen molar-refractivity contribution in [3.05, 3.63) is 35.4 Å². The number of hydrogen-bond donors (Lipinski definition) is 1. The van der Waals surface area contributed by atoms with Crippen LogP contribution in [0.4, 0.5) is 13.2 Å². The molecule has 1 heterocycles. The van der Waals surface area contributed by atoms with Gasteiger partial charge in [0.25, 0.3) is 0 Å². The van der Waals surface area contributed by atoms with Crippen LogP contribution in [-0.4, -0.2) is 24.5 Å². The van der Waals surface area contributed by atoms with Crippen molar-refractivity contribution >= 4 is 0 Å². The van der Waals surface area contributed by atoms with E-state index in [0.29, 0.717) is 12.5 Å². The van der Waals surface area contributed by atoms with Crippen LogP contribution in [-0.2, 0) is 6.18 Å². The second-order valence-corrected chi connectivity index (χ2v) is 5.34. The second kappa shape index (κ2) is 5.51. The highest BCUT2D eigenvalue weighted by Crippen LogP contribution is 2.34. The zero-order valence-electron chi connectivity index (χ0n) is 11.0.